The number of rotatable bonds is 2. The van der Waals surface area contributed by atoms with Gasteiger partial charge in [-0.3, -0.25) is 0 Å². The summed E-state index contributed by atoms with van der Waals surface area (Å²) >= 11 is 5.93. The van der Waals surface area contributed by atoms with Crippen molar-refractivity contribution in [3.63, 3.8) is 0 Å². The molecule has 0 spiro atoms. The van der Waals surface area contributed by atoms with Crippen LogP contribution in [0.25, 0.3) is 0 Å². The van der Waals surface area contributed by atoms with Gasteiger partial charge in [0.25, 0.3) is 0 Å². The third kappa shape index (κ3) is 2.73. The van der Waals surface area contributed by atoms with Crippen LogP contribution in [0.2, 0.25) is 5.02 Å². The zero-order chi connectivity index (χ0) is 10.7. The number of anilines is 1. The fraction of sp³-hybridized carbons (Fsp3) is 0.500. The fourth-order valence-electron chi connectivity index (χ4n) is 1.51. The van der Waals surface area contributed by atoms with Crippen molar-refractivity contribution >= 4 is 17.4 Å². The lowest BCUT2D eigenvalue weighted by molar-refractivity contribution is 0.00747. The fourth-order valence-corrected chi connectivity index (χ4v) is 1.66. The van der Waals surface area contributed by atoms with E-state index in [2.05, 4.69) is 4.98 Å². The van der Waals surface area contributed by atoms with E-state index in [0.29, 0.717) is 23.2 Å². The molecule has 0 saturated carbocycles. The van der Waals surface area contributed by atoms with Crippen LogP contribution in [-0.2, 0) is 4.74 Å². The van der Waals surface area contributed by atoms with Gasteiger partial charge in [0.15, 0.2) is 0 Å². The zero-order valence-corrected chi connectivity index (χ0v) is 9.04. The molecule has 4 nitrogen and oxygen atoms in total. The van der Waals surface area contributed by atoms with Gasteiger partial charge in [0, 0.05) is 12.7 Å². The summed E-state index contributed by atoms with van der Waals surface area (Å²) in [6.07, 6.45) is 3.56. The normalized spacial score (nSPS) is 21.3. The zero-order valence-electron chi connectivity index (χ0n) is 8.28. The van der Waals surface area contributed by atoms with Gasteiger partial charge < -0.3 is 15.2 Å². The van der Waals surface area contributed by atoms with E-state index in [1.54, 1.807) is 6.07 Å². The minimum absolute atomic E-state index is 0.0676. The van der Waals surface area contributed by atoms with Crippen molar-refractivity contribution in [2.75, 3.05) is 18.9 Å². The summed E-state index contributed by atoms with van der Waals surface area (Å²) in [5.41, 5.74) is 5.55. The minimum atomic E-state index is 0.0676. The Morgan fingerprint density at radius 3 is 3.20 bits per heavy atom. The van der Waals surface area contributed by atoms with Crippen molar-refractivity contribution in [1.29, 1.82) is 0 Å². The van der Waals surface area contributed by atoms with Gasteiger partial charge in [0.2, 0.25) is 0 Å². The van der Waals surface area contributed by atoms with Crippen LogP contribution in [0, 0.1) is 0 Å². The Morgan fingerprint density at radius 2 is 2.47 bits per heavy atom. The van der Waals surface area contributed by atoms with Gasteiger partial charge in [0.05, 0.1) is 12.8 Å². The molecular formula is C10H13ClN2O2. The first-order valence-corrected chi connectivity index (χ1v) is 5.29. The molecule has 0 aliphatic carbocycles. The number of ether oxygens (including phenoxy) is 2. The predicted octanol–water partition coefficient (Wildman–Crippen LogP) is 1.88. The largest absolute Gasteiger partial charge is 0.486 e. The van der Waals surface area contributed by atoms with Gasteiger partial charge in [-0.2, -0.15) is 0 Å². The number of halogens is 1. The lowest BCUT2D eigenvalue weighted by Crippen LogP contribution is -2.28. The minimum Gasteiger partial charge on any atom is -0.486 e. The number of nitrogen functional groups attached to an aromatic ring is 1. The van der Waals surface area contributed by atoms with Gasteiger partial charge in [-0.25, -0.2) is 4.98 Å². The number of nitrogens with zero attached hydrogens (tertiary/aromatic N) is 1. The van der Waals surface area contributed by atoms with Gasteiger partial charge in [-0.1, -0.05) is 11.6 Å². The molecule has 2 heterocycles. The third-order valence-electron chi connectivity index (χ3n) is 2.25. The lowest BCUT2D eigenvalue weighted by Gasteiger charge is -2.23. The molecule has 0 aromatic carbocycles. The molecular weight excluding hydrogens is 216 g/mol. The molecule has 1 fully saturated rings. The summed E-state index contributed by atoms with van der Waals surface area (Å²) in [4.78, 5) is 3.87. The Labute approximate surface area is 93.3 Å². The first-order valence-electron chi connectivity index (χ1n) is 4.91. The molecule has 1 atom stereocenters. The van der Waals surface area contributed by atoms with E-state index in [9.17, 15) is 0 Å². The number of pyridine rings is 1. The van der Waals surface area contributed by atoms with Crippen molar-refractivity contribution in [3.05, 3.63) is 17.3 Å². The van der Waals surface area contributed by atoms with Crippen molar-refractivity contribution in [2.45, 2.75) is 18.9 Å². The van der Waals surface area contributed by atoms with Crippen molar-refractivity contribution in [1.82, 2.24) is 4.98 Å². The van der Waals surface area contributed by atoms with E-state index in [-0.39, 0.29) is 6.10 Å². The number of nitrogens with two attached hydrogens (primary N) is 1. The van der Waals surface area contributed by atoms with Crippen molar-refractivity contribution < 1.29 is 9.47 Å². The van der Waals surface area contributed by atoms with E-state index in [4.69, 9.17) is 26.8 Å². The maximum Gasteiger partial charge on any atom is 0.143 e. The molecule has 1 aromatic heterocycles. The number of aromatic nitrogens is 1. The highest BCUT2D eigenvalue weighted by molar-refractivity contribution is 6.31. The Morgan fingerprint density at radius 1 is 1.60 bits per heavy atom. The second-order valence-corrected chi connectivity index (χ2v) is 3.90. The second-order valence-electron chi connectivity index (χ2n) is 3.50. The van der Waals surface area contributed by atoms with E-state index in [1.807, 2.05) is 0 Å². The molecule has 15 heavy (non-hydrogen) atoms. The summed E-state index contributed by atoms with van der Waals surface area (Å²) in [5, 5.41) is 0.481. The molecule has 1 aliphatic heterocycles. The van der Waals surface area contributed by atoms with Crippen LogP contribution in [-0.4, -0.2) is 24.3 Å². The topological polar surface area (TPSA) is 57.4 Å². The van der Waals surface area contributed by atoms with Gasteiger partial charge >= 0.3 is 0 Å². The first-order chi connectivity index (χ1) is 7.25. The number of hydrogen-bond donors (Lipinski definition) is 1. The van der Waals surface area contributed by atoms with Crippen LogP contribution in [0.3, 0.4) is 0 Å². The summed E-state index contributed by atoms with van der Waals surface area (Å²) in [7, 11) is 0. The highest BCUT2D eigenvalue weighted by Crippen LogP contribution is 2.27. The van der Waals surface area contributed by atoms with Crippen LogP contribution in [0.5, 0.6) is 5.75 Å². The summed E-state index contributed by atoms with van der Waals surface area (Å²) in [6, 6.07) is 1.64. The Hall–Kier alpha value is -1.00. The highest BCUT2D eigenvalue weighted by Gasteiger charge is 2.16. The summed E-state index contributed by atoms with van der Waals surface area (Å²) in [5.74, 6) is 0.991. The molecule has 5 heteroatoms. The molecule has 2 N–H and O–H groups in total. The maximum atomic E-state index is 5.93. The number of hydrogen-bond acceptors (Lipinski definition) is 4. The second kappa shape index (κ2) is 4.68. The van der Waals surface area contributed by atoms with E-state index >= 15 is 0 Å². The van der Waals surface area contributed by atoms with Gasteiger partial charge in [-0.15, -0.1) is 0 Å². The average Bonchev–Trinajstić information content (AvgIpc) is 2.25. The molecule has 2 rings (SSSR count). The van der Waals surface area contributed by atoms with Gasteiger partial charge in [0.1, 0.15) is 22.7 Å². The molecule has 0 amide bonds. The Balaban J connectivity index is 2.05. The SMILES string of the molecule is Nc1cc(OC2CCCOC2)c(Cl)cn1. The summed E-state index contributed by atoms with van der Waals surface area (Å²) < 4.78 is 11.0. The predicted molar refractivity (Wildman–Crippen MR) is 58.1 cm³/mol. The molecule has 1 aromatic rings. The smallest absolute Gasteiger partial charge is 0.143 e. The maximum absolute atomic E-state index is 5.93. The highest BCUT2D eigenvalue weighted by atomic mass is 35.5. The standard InChI is InChI=1S/C10H13ClN2O2/c11-8-5-13-10(12)4-9(8)15-7-2-1-3-14-6-7/h4-5,7H,1-3,6H2,(H2,12,13). The van der Waals surface area contributed by atoms with Crippen LogP contribution < -0.4 is 10.5 Å². The van der Waals surface area contributed by atoms with E-state index in [0.717, 1.165) is 19.4 Å². The van der Waals surface area contributed by atoms with E-state index < -0.39 is 0 Å². The van der Waals surface area contributed by atoms with Gasteiger partial charge in [-0.05, 0) is 12.8 Å². The monoisotopic (exact) mass is 228 g/mol. The quantitative estimate of drug-likeness (QED) is 0.840. The summed E-state index contributed by atoms with van der Waals surface area (Å²) in [6.45, 7) is 1.42. The Kier molecular flexibility index (Phi) is 3.28. The molecule has 1 unspecified atom stereocenters. The molecule has 1 saturated heterocycles. The lowest BCUT2D eigenvalue weighted by atomic mass is 10.2. The first kappa shape index (κ1) is 10.5. The Bertz CT molecular complexity index is 340. The van der Waals surface area contributed by atoms with Crippen LogP contribution in [0.15, 0.2) is 12.3 Å². The van der Waals surface area contributed by atoms with E-state index in [1.165, 1.54) is 6.20 Å². The molecule has 1 aliphatic rings. The molecule has 82 valence electrons. The molecule has 0 bridgehead atoms. The third-order valence-corrected chi connectivity index (χ3v) is 2.54. The van der Waals surface area contributed by atoms with Crippen LogP contribution >= 0.6 is 11.6 Å². The average molecular weight is 229 g/mol. The van der Waals surface area contributed by atoms with Crippen LogP contribution in [0.1, 0.15) is 12.8 Å². The van der Waals surface area contributed by atoms with Crippen molar-refractivity contribution in [2.24, 2.45) is 0 Å². The van der Waals surface area contributed by atoms with Crippen molar-refractivity contribution in [3.8, 4) is 5.75 Å². The van der Waals surface area contributed by atoms with Crippen LogP contribution in [0.4, 0.5) is 5.82 Å². The molecule has 0 radical (unpaired) electrons.